The van der Waals surface area contributed by atoms with Crippen molar-refractivity contribution in [3.8, 4) is 0 Å². The molecule has 9 heteroatoms. The molecule has 3 aliphatic rings. The lowest BCUT2D eigenvalue weighted by atomic mass is 9.79. The molecular formula is C21H26N6O3. The molecule has 9 nitrogen and oxygen atoms in total. The predicted octanol–water partition coefficient (Wildman–Crippen LogP) is 2.16. The minimum Gasteiger partial charge on any atom is -0.427 e. The summed E-state index contributed by atoms with van der Waals surface area (Å²) in [6.07, 6.45) is 7.20. The van der Waals surface area contributed by atoms with E-state index < -0.39 is 5.54 Å². The van der Waals surface area contributed by atoms with Crippen molar-refractivity contribution in [1.29, 1.82) is 0 Å². The maximum absolute atomic E-state index is 12.7. The summed E-state index contributed by atoms with van der Waals surface area (Å²) in [7, 11) is 0. The number of nitrogens with one attached hydrogen (secondary N) is 2. The minimum atomic E-state index is -0.517. The molecule has 0 radical (unpaired) electrons. The van der Waals surface area contributed by atoms with Crippen LogP contribution in [-0.4, -0.2) is 45.1 Å². The van der Waals surface area contributed by atoms with Crippen molar-refractivity contribution in [2.24, 2.45) is 4.99 Å². The van der Waals surface area contributed by atoms with Crippen molar-refractivity contribution in [1.82, 2.24) is 20.0 Å². The summed E-state index contributed by atoms with van der Waals surface area (Å²) in [5, 5.41) is 17.6. The number of aryl methyl sites for hydroxylation is 1. The number of carbonyl (C=O) groups is 1. The van der Waals surface area contributed by atoms with Gasteiger partial charge in [0.1, 0.15) is 12.1 Å². The van der Waals surface area contributed by atoms with Crippen LogP contribution in [0.2, 0.25) is 0 Å². The van der Waals surface area contributed by atoms with Gasteiger partial charge in [0, 0.05) is 12.7 Å². The van der Waals surface area contributed by atoms with Gasteiger partial charge in [-0.15, -0.1) is 0 Å². The number of nitrogens with zero attached hydrogens (tertiary/aromatic N) is 4. The largest absolute Gasteiger partial charge is 0.427 e. The molecular weight excluding hydrogens is 384 g/mol. The second kappa shape index (κ2) is 7.39. The molecule has 1 spiro atoms. The Bertz CT molecular complexity index is 1050. The molecule has 2 aromatic rings. The first-order valence-corrected chi connectivity index (χ1v) is 10.6. The number of anilines is 1. The van der Waals surface area contributed by atoms with Crippen LogP contribution >= 0.6 is 0 Å². The average Bonchev–Trinajstić information content (AvgIpc) is 3.33. The molecule has 0 bridgehead atoms. The van der Waals surface area contributed by atoms with E-state index in [4.69, 9.17) is 4.74 Å². The smallest absolute Gasteiger partial charge is 0.254 e. The molecule has 5 rings (SSSR count). The van der Waals surface area contributed by atoms with Crippen molar-refractivity contribution in [2.45, 2.75) is 57.0 Å². The van der Waals surface area contributed by atoms with Gasteiger partial charge in [-0.05, 0) is 37.8 Å². The van der Waals surface area contributed by atoms with E-state index in [1.165, 1.54) is 6.33 Å². The van der Waals surface area contributed by atoms with Crippen LogP contribution in [0.4, 0.5) is 11.6 Å². The molecule has 1 amide bonds. The fourth-order valence-corrected chi connectivity index (χ4v) is 4.86. The van der Waals surface area contributed by atoms with E-state index in [0.29, 0.717) is 35.0 Å². The van der Waals surface area contributed by atoms with Crippen molar-refractivity contribution in [2.75, 3.05) is 18.5 Å². The number of fused-ring (bicyclic) bond motifs is 2. The van der Waals surface area contributed by atoms with Gasteiger partial charge in [0.25, 0.3) is 5.91 Å². The Hall–Kier alpha value is -2.94. The SMILES string of the molecule is Cc1cc(=Nc2cc(N[C@H]3CCOC3)ncn2)n(O)c2c1C(=O)NC21CCCCC1. The molecule has 158 valence electrons. The molecule has 0 unspecified atom stereocenters. The fraction of sp³-hybridized carbons (Fsp3) is 0.524. The number of hydrogen-bond acceptors (Lipinski definition) is 7. The lowest BCUT2D eigenvalue weighted by molar-refractivity contribution is 0.0892. The highest BCUT2D eigenvalue weighted by atomic mass is 16.5. The number of amides is 1. The number of aromatic nitrogens is 3. The Morgan fingerprint density at radius 3 is 2.90 bits per heavy atom. The van der Waals surface area contributed by atoms with Crippen LogP contribution in [0.1, 0.15) is 60.1 Å². The average molecular weight is 410 g/mol. The molecule has 2 fully saturated rings. The molecule has 0 aromatic carbocycles. The van der Waals surface area contributed by atoms with E-state index in [2.05, 4.69) is 25.6 Å². The third-order valence-corrected chi connectivity index (χ3v) is 6.31. The number of rotatable bonds is 3. The molecule has 1 saturated heterocycles. The van der Waals surface area contributed by atoms with Crippen LogP contribution in [0.15, 0.2) is 23.5 Å². The Morgan fingerprint density at radius 1 is 1.30 bits per heavy atom. The normalized spacial score (nSPS) is 22.9. The first-order chi connectivity index (χ1) is 14.6. The zero-order chi connectivity index (χ0) is 20.7. The number of hydrogen-bond donors (Lipinski definition) is 3. The molecule has 1 saturated carbocycles. The second-order valence-electron chi connectivity index (χ2n) is 8.40. The van der Waals surface area contributed by atoms with Crippen molar-refractivity contribution >= 4 is 17.5 Å². The summed E-state index contributed by atoms with van der Waals surface area (Å²) in [6, 6.07) is 3.70. The first kappa shape index (κ1) is 19.0. The van der Waals surface area contributed by atoms with Gasteiger partial charge in [0.15, 0.2) is 11.3 Å². The van der Waals surface area contributed by atoms with Crippen molar-refractivity contribution < 1.29 is 14.7 Å². The molecule has 30 heavy (non-hydrogen) atoms. The van der Waals surface area contributed by atoms with Gasteiger partial charge < -0.3 is 20.6 Å². The van der Waals surface area contributed by atoms with Crippen LogP contribution in [0, 0.1) is 6.92 Å². The van der Waals surface area contributed by atoms with Crippen molar-refractivity contribution in [3.63, 3.8) is 0 Å². The van der Waals surface area contributed by atoms with E-state index in [1.807, 2.05) is 6.92 Å². The zero-order valence-corrected chi connectivity index (χ0v) is 17.0. The highest BCUT2D eigenvalue weighted by molar-refractivity contribution is 6.00. The van der Waals surface area contributed by atoms with E-state index in [1.54, 1.807) is 12.1 Å². The zero-order valence-electron chi connectivity index (χ0n) is 17.0. The topological polar surface area (TPSA) is 114 Å². The van der Waals surface area contributed by atoms with Crippen molar-refractivity contribution in [3.05, 3.63) is 40.8 Å². The van der Waals surface area contributed by atoms with Gasteiger partial charge in [-0.25, -0.2) is 15.0 Å². The summed E-state index contributed by atoms with van der Waals surface area (Å²) < 4.78 is 6.47. The summed E-state index contributed by atoms with van der Waals surface area (Å²) in [5.74, 6) is 0.983. The lowest BCUT2D eigenvalue weighted by Gasteiger charge is -2.34. The standard InChI is InChI=1S/C21H26N6O3/c1-13-9-17(25-16-10-15(22-12-23-16)24-14-5-8-30-11-14)27(29)19-18(13)20(28)26-21(19)6-3-2-4-7-21/h9-10,12,14,29H,2-8,11H2,1H3,(H,26,28)(H,22,23,24)/t14-/m0/s1. The molecule has 3 N–H and O–H groups in total. The molecule has 2 aromatic heterocycles. The predicted molar refractivity (Wildman–Crippen MR) is 109 cm³/mol. The second-order valence-corrected chi connectivity index (χ2v) is 8.40. The van der Waals surface area contributed by atoms with Gasteiger partial charge in [0.2, 0.25) is 0 Å². The van der Waals surface area contributed by atoms with Crippen LogP contribution in [-0.2, 0) is 10.3 Å². The molecule has 1 aliphatic carbocycles. The monoisotopic (exact) mass is 410 g/mol. The molecule has 2 aliphatic heterocycles. The Labute approximate surface area is 174 Å². The Morgan fingerprint density at radius 2 is 2.13 bits per heavy atom. The Kier molecular flexibility index (Phi) is 4.69. The fourth-order valence-electron chi connectivity index (χ4n) is 4.86. The van der Waals surface area contributed by atoms with Crippen LogP contribution in [0.5, 0.6) is 0 Å². The number of ether oxygens (including phenoxy) is 1. The third-order valence-electron chi connectivity index (χ3n) is 6.31. The van der Waals surface area contributed by atoms with Gasteiger partial charge in [-0.2, -0.15) is 4.73 Å². The number of pyridine rings is 1. The third kappa shape index (κ3) is 3.23. The highest BCUT2D eigenvalue weighted by Gasteiger charge is 2.47. The number of carbonyl (C=O) groups excluding carboxylic acids is 1. The molecule has 4 heterocycles. The quantitative estimate of drug-likeness (QED) is 0.668. The van der Waals surface area contributed by atoms with Gasteiger partial charge in [-0.3, -0.25) is 4.79 Å². The van der Waals surface area contributed by atoms with Gasteiger partial charge >= 0.3 is 0 Å². The Balaban J connectivity index is 1.56. The lowest BCUT2D eigenvalue weighted by Crippen LogP contribution is -2.43. The summed E-state index contributed by atoms with van der Waals surface area (Å²) in [5.41, 5.74) is 1.81. The van der Waals surface area contributed by atoms with E-state index in [-0.39, 0.29) is 11.9 Å². The van der Waals surface area contributed by atoms with Crippen LogP contribution < -0.4 is 16.1 Å². The maximum atomic E-state index is 12.7. The first-order valence-electron chi connectivity index (χ1n) is 10.6. The highest BCUT2D eigenvalue weighted by Crippen LogP contribution is 2.42. The summed E-state index contributed by atoms with van der Waals surface area (Å²) in [6.45, 7) is 3.28. The van der Waals surface area contributed by atoms with E-state index in [9.17, 15) is 10.0 Å². The maximum Gasteiger partial charge on any atom is 0.254 e. The van der Waals surface area contributed by atoms with E-state index >= 15 is 0 Å². The summed E-state index contributed by atoms with van der Waals surface area (Å²) in [4.78, 5) is 25.7. The molecule has 1 atom stereocenters. The van der Waals surface area contributed by atoms with Crippen LogP contribution in [0.3, 0.4) is 0 Å². The van der Waals surface area contributed by atoms with Crippen LogP contribution in [0.25, 0.3) is 0 Å². The van der Waals surface area contributed by atoms with Gasteiger partial charge in [0.05, 0.1) is 29.4 Å². The minimum absolute atomic E-state index is 0.119. The van der Waals surface area contributed by atoms with Gasteiger partial charge in [-0.1, -0.05) is 19.3 Å². The summed E-state index contributed by atoms with van der Waals surface area (Å²) >= 11 is 0. The van der Waals surface area contributed by atoms with E-state index in [0.717, 1.165) is 55.4 Å².